The second-order valence-electron chi connectivity index (χ2n) is 12.8. The van der Waals surface area contributed by atoms with Crippen LogP contribution in [0.2, 0.25) is 0 Å². The molecule has 0 amide bonds. The number of oxazole rings is 1. The van der Waals surface area contributed by atoms with E-state index in [0.717, 1.165) is 65.0 Å². The van der Waals surface area contributed by atoms with Gasteiger partial charge in [-0.25, -0.2) is 9.98 Å². The number of hydrogen-bond donors (Lipinski definition) is 1. The van der Waals surface area contributed by atoms with Gasteiger partial charge in [0.25, 0.3) is 0 Å². The number of fused-ring (bicyclic) bond motifs is 2. The third-order valence-electron chi connectivity index (χ3n) is 9.79. The van der Waals surface area contributed by atoms with Crippen molar-refractivity contribution in [3.8, 4) is 28.3 Å². The first kappa shape index (κ1) is 30.3. The number of hydrogen-bond acceptors (Lipinski definition) is 7. The Kier molecular flexibility index (Phi) is 8.00. The number of likely N-dealkylation sites (tertiary alicyclic amines) is 1. The summed E-state index contributed by atoms with van der Waals surface area (Å²) in [5, 5.41) is 9.62. The smallest absolute Gasteiger partial charge is 0.387 e. The monoisotopic (exact) mass is 629 g/mol. The van der Waals surface area contributed by atoms with Gasteiger partial charge in [-0.15, -0.1) is 0 Å². The van der Waals surface area contributed by atoms with E-state index in [2.05, 4.69) is 32.0 Å². The lowest BCUT2D eigenvalue weighted by Gasteiger charge is -2.26. The van der Waals surface area contributed by atoms with Gasteiger partial charge in [-0.1, -0.05) is 31.2 Å². The van der Waals surface area contributed by atoms with Crippen molar-refractivity contribution in [1.29, 1.82) is 0 Å². The first-order valence-corrected chi connectivity index (χ1v) is 16.0. The zero-order valence-electron chi connectivity index (χ0n) is 26.1. The van der Waals surface area contributed by atoms with Crippen molar-refractivity contribution in [2.75, 3.05) is 6.54 Å². The number of aliphatic imine (C=N–C) groups is 1. The molecule has 1 N–H and O–H groups in total. The SMILES string of the molecule is Cc1c(C2=NC3CC(C)CCC3O2)cccc1-c1cccc(-c2nc3cc(CN4CCC[C@H]4C(=O)O)c(OC(F)F)cc3o2)c1C. The van der Waals surface area contributed by atoms with Crippen LogP contribution in [0.4, 0.5) is 8.78 Å². The Balaban J connectivity index is 1.23. The van der Waals surface area contributed by atoms with Gasteiger partial charge in [-0.05, 0) is 98.9 Å². The maximum atomic E-state index is 13.4. The number of carboxylic acid groups (broad SMARTS) is 1. The molecule has 0 spiro atoms. The molecule has 8 nitrogen and oxygen atoms in total. The summed E-state index contributed by atoms with van der Waals surface area (Å²) in [5.74, 6) is 0.755. The van der Waals surface area contributed by atoms with Crippen LogP contribution >= 0.6 is 0 Å². The number of ether oxygens (including phenoxy) is 2. The van der Waals surface area contributed by atoms with Crippen molar-refractivity contribution in [2.45, 2.75) is 84.2 Å². The minimum atomic E-state index is -3.04. The fourth-order valence-electron chi connectivity index (χ4n) is 7.33. The third kappa shape index (κ3) is 5.63. The number of nitrogens with zero attached hydrogens (tertiary/aromatic N) is 3. The van der Waals surface area contributed by atoms with E-state index < -0.39 is 18.6 Å². The average Bonchev–Trinajstić information content (AvgIpc) is 3.75. The van der Waals surface area contributed by atoms with Gasteiger partial charge in [-0.2, -0.15) is 8.78 Å². The van der Waals surface area contributed by atoms with Crippen LogP contribution < -0.4 is 4.74 Å². The van der Waals surface area contributed by atoms with Crippen LogP contribution in [0.3, 0.4) is 0 Å². The highest BCUT2D eigenvalue weighted by atomic mass is 19.3. The molecule has 1 aromatic heterocycles. The second kappa shape index (κ2) is 12.1. The Morgan fingerprint density at radius 2 is 1.76 bits per heavy atom. The minimum absolute atomic E-state index is 0.0505. The van der Waals surface area contributed by atoms with Gasteiger partial charge in [0.2, 0.25) is 11.8 Å². The molecule has 10 heteroatoms. The molecule has 3 unspecified atom stereocenters. The zero-order valence-corrected chi connectivity index (χ0v) is 26.1. The van der Waals surface area contributed by atoms with E-state index in [1.54, 1.807) is 11.0 Å². The van der Waals surface area contributed by atoms with Gasteiger partial charge in [0.05, 0.1) is 6.04 Å². The van der Waals surface area contributed by atoms with Crippen molar-refractivity contribution in [1.82, 2.24) is 9.88 Å². The lowest BCUT2D eigenvalue weighted by atomic mass is 9.86. The summed E-state index contributed by atoms with van der Waals surface area (Å²) in [4.78, 5) is 23.3. The lowest BCUT2D eigenvalue weighted by molar-refractivity contribution is -0.142. The number of alkyl halides is 2. The third-order valence-corrected chi connectivity index (χ3v) is 9.79. The quantitative estimate of drug-likeness (QED) is 0.213. The number of aromatic nitrogens is 1. The summed E-state index contributed by atoms with van der Waals surface area (Å²) in [6.45, 7) is 4.05. The Morgan fingerprint density at radius 3 is 2.50 bits per heavy atom. The Morgan fingerprint density at radius 1 is 1.04 bits per heavy atom. The molecular weight excluding hydrogens is 592 g/mol. The van der Waals surface area contributed by atoms with Gasteiger partial charge in [0.1, 0.15) is 23.4 Å². The number of aliphatic carboxylic acids is 1. The number of rotatable bonds is 8. The first-order valence-electron chi connectivity index (χ1n) is 16.0. The summed E-state index contributed by atoms with van der Waals surface area (Å²) in [6, 6.07) is 14.8. The summed E-state index contributed by atoms with van der Waals surface area (Å²) < 4.78 is 44.2. The van der Waals surface area contributed by atoms with E-state index in [-0.39, 0.29) is 24.4 Å². The van der Waals surface area contributed by atoms with E-state index in [9.17, 15) is 18.7 Å². The van der Waals surface area contributed by atoms with Crippen molar-refractivity contribution in [3.63, 3.8) is 0 Å². The standard InChI is InChI=1S/C36H37F2N3O5/c1-19-12-13-30-27(15-19)39-33(44-30)25-9-4-7-23(20(25)2)24-8-5-10-26(21(24)3)34-40-28-16-22(18-41-14-6-11-29(41)35(42)43)31(46-36(37)38)17-32(28)45-34/h4-5,7-10,16-17,19,27,29-30,36H,6,11-15,18H2,1-3H3,(H,42,43)/t19?,27?,29-,30?/m0/s1. The zero-order chi connectivity index (χ0) is 32.1. The highest BCUT2D eigenvalue weighted by Gasteiger charge is 2.36. The van der Waals surface area contributed by atoms with Crippen molar-refractivity contribution >= 4 is 23.0 Å². The van der Waals surface area contributed by atoms with Crippen LogP contribution in [0.15, 0.2) is 57.9 Å². The maximum Gasteiger partial charge on any atom is 0.387 e. The normalized spacial score (nSPS) is 23.0. The van der Waals surface area contributed by atoms with E-state index in [1.807, 2.05) is 25.1 Å². The summed E-state index contributed by atoms with van der Waals surface area (Å²) >= 11 is 0. The van der Waals surface area contributed by atoms with Crippen molar-refractivity contribution in [3.05, 3.63) is 70.8 Å². The molecule has 46 heavy (non-hydrogen) atoms. The Hall–Kier alpha value is -4.31. The number of halogens is 2. The average molecular weight is 630 g/mol. The first-order chi connectivity index (χ1) is 22.2. The predicted octanol–water partition coefficient (Wildman–Crippen LogP) is 7.76. The molecule has 3 heterocycles. The summed E-state index contributed by atoms with van der Waals surface area (Å²) in [5.41, 5.74) is 7.09. The van der Waals surface area contributed by atoms with Crippen LogP contribution in [0.5, 0.6) is 5.75 Å². The fourth-order valence-corrected chi connectivity index (χ4v) is 7.33. The van der Waals surface area contributed by atoms with Gasteiger partial charge < -0.3 is 19.0 Å². The van der Waals surface area contributed by atoms with E-state index in [4.69, 9.17) is 23.9 Å². The molecule has 0 radical (unpaired) electrons. The predicted molar refractivity (Wildman–Crippen MR) is 170 cm³/mol. The van der Waals surface area contributed by atoms with Gasteiger partial charge >= 0.3 is 12.6 Å². The van der Waals surface area contributed by atoms with E-state index in [1.165, 1.54) is 6.07 Å². The van der Waals surface area contributed by atoms with E-state index >= 15 is 0 Å². The highest BCUT2D eigenvalue weighted by molar-refractivity contribution is 5.99. The minimum Gasteiger partial charge on any atom is -0.480 e. The molecule has 7 rings (SSSR count). The van der Waals surface area contributed by atoms with Crippen molar-refractivity contribution < 1.29 is 32.6 Å². The molecule has 3 aromatic carbocycles. The van der Waals surface area contributed by atoms with Gasteiger partial charge in [0.15, 0.2) is 5.58 Å². The molecule has 2 fully saturated rings. The molecule has 4 atom stereocenters. The molecular formula is C36H37F2N3O5. The molecule has 0 bridgehead atoms. The molecule has 1 aliphatic carbocycles. The summed E-state index contributed by atoms with van der Waals surface area (Å²) in [7, 11) is 0. The van der Waals surface area contributed by atoms with Gasteiger partial charge in [-0.3, -0.25) is 9.69 Å². The van der Waals surface area contributed by atoms with E-state index in [0.29, 0.717) is 41.4 Å². The fraction of sp³-hybridized carbons (Fsp3) is 0.417. The number of carboxylic acids is 1. The molecule has 3 aliphatic rings. The molecule has 1 saturated carbocycles. The number of benzene rings is 3. The van der Waals surface area contributed by atoms with Gasteiger partial charge in [0, 0.05) is 29.3 Å². The Labute approximate surface area is 266 Å². The van der Waals surface area contributed by atoms with Crippen LogP contribution in [0.1, 0.15) is 61.3 Å². The van der Waals surface area contributed by atoms with Crippen LogP contribution in [-0.4, -0.2) is 58.2 Å². The molecule has 1 saturated heterocycles. The maximum absolute atomic E-state index is 13.4. The second-order valence-corrected chi connectivity index (χ2v) is 12.8. The van der Waals surface area contributed by atoms with Crippen LogP contribution in [0, 0.1) is 19.8 Å². The summed E-state index contributed by atoms with van der Waals surface area (Å²) in [6.07, 6.45) is 4.63. The van der Waals surface area contributed by atoms with Crippen molar-refractivity contribution in [2.24, 2.45) is 10.9 Å². The topological polar surface area (TPSA) is 97.4 Å². The van der Waals surface area contributed by atoms with Crippen LogP contribution in [-0.2, 0) is 16.1 Å². The van der Waals surface area contributed by atoms with Crippen LogP contribution in [0.25, 0.3) is 33.7 Å². The molecule has 4 aromatic rings. The molecule has 240 valence electrons. The largest absolute Gasteiger partial charge is 0.480 e. The number of carbonyl (C=O) groups is 1. The lowest BCUT2D eigenvalue weighted by Crippen LogP contribution is -2.35. The Bertz CT molecular complexity index is 1840. The molecule has 2 aliphatic heterocycles. The highest BCUT2D eigenvalue weighted by Crippen LogP contribution is 2.39.